The fourth-order valence-corrected chi connectivity index (χ4v) is 11.1. The fourth-order valence-electron chi connectivity index (χ4n) is 11.1. The molecule has 15 nitrogen and oxygen atoms in total. The average molecular weight is 1350 g/mol. The molecule has 0 aliphatic carbocycles. The summed E-state index contributed by atoms with van der Waals surface area (Å²) in [5.41, 5.74) is 0.903. The molecule has 7 aromatic rings. The predicted octanol–water partition coefficient (Wildman–Crippen LogP) is 21.9. The third kappa shape index (κ3) is 29.8. The Balaban J connectivity index is 0.923. The lowest BCUT2D eigenvalue weighted by Crippen LogP contribution is -2.14. The fraction of sp³-hybridized carbons (Fsp3) is 0.429. The summed E-state index contributed by atoms with van der Waals surface area (Å²) in [6, 6.07) is 41.2. The number of carbonyl (C=O) groups is 6. The zero-order valence-electron chi connectivity index (χ0n) is 58.5. The first-order valence-corrected chi connectivity index (χ1v) is 36.4. The van der Waals surface area contributed by atoms with E-state index >= 15 is 0 Å². The van der Waals surface area contributed by atoms with Crippen LogP contribution in [0.4, 0.5) is 0 Å². The largest absolute Gasteiger partial charge is 0.494 e. The summed E-state index contributed by atoms with van der Waals surface area (Å²) in [5, 5.41) is 0. The van der Waals surface area contributed by atoms with E-state index in [9.17, 15) is 28.8 Å². The van der Waals surface area contributed by atoms with Crippen LogP contribution in [0.5, 0.6) is 51.7 Å². The number of hydrogen-bond acceptors (Lipinski definition) is 15. The third-order valence-corrected chi connectivity index (χ3v) is 17.0. The normalized spacial score (nSPS) is 10.9. The molecular formula is C84H102O15. The van der Waals surface area contributed by atoms with Crippen molar-refractivity contribution in [1.29, 1.82) is 0 Å². The Morgan fingerprint density at radius 1 is 0.192 bits per heavy atom. The van der Waals surface area contributed by atoms with Crippen LogP contribution in [0, 0.1) is 0 Å². The summed E-state index contributed by atoms with van der Waals surface area (Å²) in [6.07, 6.45) is 37.1. The Hall–Kier alpha value is -9.24. The second kappa shape index (κ2) is 45.4. The molecule has 7 aromatic carbocycles. The van der Waals surface area contributed by atoms with Crippen LogP contribution in [-0.2, 0) is 0 Å². The van der Waals surface area contributed by atoms with E-state index in [4.69, 9.17) is 42.6 Å². The van der Waals surface area contributed by atoms with Crippen molar-refractivity contribution in [2.45, 2.75) is 213 Å². The summed E-state index contributed by atoms with van der Waals surface area (Å²) in [6.45, 7) is 8.50. The number of hydrogen-bond donors (Lipinski definition) is 0. The van der Waals surface area contributed by atoms with Crippen molar-refractivity contribution in [1.82, 2.24) is 0 Å². The maximum Gasteiger partial charge on any atom is 0.343 e. The number of carbonyl (C=O) groups excluding carboxylic acids is 6. The van der Waals surface area contributed by atoms with Gasteiger partial charge in [0.05, 0.1) is 53.2 Å². The molecular weight excluding hydrogens is 1250 g/mol. The summed E-state index contributed by atoms with van der Waals surface area (Å²) < 4.78 is 51.8. The first-order chi connectivity index (χ1) is 48.5. The van der Waals surface area contributed by atoms with Crippen molar-refractivity contribution >= 4 is 35.8 Å². The van der Waals surface area contributed by atoms with E-state index in [-0.39, 0.29) is 51.2 Å². The standard InChI is InChI=1S/C84H102O15/c1-4-7-10-13-16-19-22-25-28-31-58-91-70-44-34-64(35-45-70)79(85)94-73-50-40-67(41-51-73)82(88)98-77-61-69(84(90)97-76-56-54-75(55-57-76)96-81(87)66-38-48-72(49-39-66)93-60-33-30-27-24-21-18-15-12-9-6-3)62-78(63-77)99-83(89)68-42-52-74(53-43-68)95-80(86)65-36-46-71(47-37-65)92-59-32-29-26-23-20-17-14-11-8-5-2/h34-57,61-63H,4-33,58-60H2,1-3H3. The lowest BCUT2D eigenvalue weighted by Gasteiger charge is -2.12. The van der Waals surface area contributed by atoms with Crippen LogP contribution in [0.25, 0.3) is 0 Å². The van der Waals surface area contributed by atoms with Gasteiger partial charge in [0, 0.05) is 6.07 Å². The van der Waals surface area contributed by atoms with Crippen LogP contribution in [-0.4, -0.2) is 55.6 Å². The zero-order valence-corrected chi connectivity index (χ0v) is 58.5. The zero-order chi connectivity index (χ0) is 69.9. The highest BCUT2D eigenvalue weighted by Crippen LogP contribution is 2.29. The molecule has 0 N–H and O–H groups in total. The van der Waals surface area contributed by atoms with Gasteiger partial charge >= 0.3 is 35.8 Å². The van der Waals surface area contributed by atoms with E-state index in [0.29, 0.717) is 53.8 Å². The quantitative estimate of drug-likeness (QED) is 0.0199. The van der Waals surface area contributed by atoms with Gasteiger partial charge in [-0.05, 0) is 177 Å². The van der Waals surface area contributed by atoms with E-state index in [1.807, 2.05) is 0 Å². The van der Waals surface area contributed by atoms with E-state index in [0.717, 1.165) is 38.5 Å². The van der Waals surface area contributed by atoms with Crippen LogP contribution < -0.4 is 42.6 Å². The SMILES string of the molecule is CCCCCCCCCCCCOc1ccc(C(=O)Oc2ccc(OC(=O)c3cc(OC(=O)c4ccc(OC(=O)c5ccc(OCCCCCCCCCCCC)cc5)cc4)cc(OC(=O)c4ccc(OC(=O)c5ccc(OCCCCCCCCCCCC)cc5)cc4)c3)cc2)cc1. The highest BCUT2D eigenvalue weighted by molar-refractivity contribution is 5.96. The van der Waals surface area contributed by atoms with E-state index in [1.165, 1.54) is 245 Å². The van der Waals surface area contributed by atoms with Crippen LogP contribution >= 0.6 is 0 Å². The Morgan fingerprint density at radius 3 is 0.586 bits per heavy atom. The van der Waals surface area contributed by atoms with Crippen LogP contribution in [0.3, 0.4) is 0 Å². The van der Waals surface area contributed by atoms with Gasteiger partial charge in [-0.25, -0.2) is 28.8 Å². The van der Waals surface area contributed by atoms with E-state index in [2.05, 4.69) is 20.8 Å². The molecule has 0 aliphatic rings. The second-order valence-electron chi connectivity index (χ2n) is 25.2. The minimum absolute atomic E-state index is 0.0634. The van der Waals surface area contributed by atoms with Crippen molar-refractivity contribution in [2.75, 3.05) is 19.8 Å². The van der Waals surface area contributed by atoms with Gasteiger partial charge in [-0.15, -0.1) is 0 Å². The lowest BCUT2D eigenvalue weighted by molar-refractivity contribution is 0.0705. The second-order valence-corrected chi connectivity index (χ2v) is 25.2. The molecule has 0 unspecified atom stereocenters. The van der Waals surface area contributed by atoms with Crippen LogP contribution in [0.2, 0.25) is 0 Å². The van der Waals surface area contributed by atoms with Crippen molar-refractivity contribution in [3.63, 3.8) is 0 Å². The van der Waals surface area contributed by atoms with Gasteiger partial charge in [-0.2, -0.15) is 0 Å². The highest BCUT2D eigenvalue weighted by Gasteiger charge is 2.20. The molecule has 0 aliphatic heterocycles. The molecule has 0 saturated carbocycles. The molecule has 15 heteroatoms. The summed E-state index contributed by atoms with van der Waals surface area (Å²) in [4.78, 5) is 80.7. The molecule has 0 heterocycles. The number of benzene rings is 7. The lowest BCUT2D eigenvalue weighted by atomic mass is 10.1. The van der Waals surface area contributed by atoms with Gasteiger partial charge in [0.15, 0.2) is 0 Å². The maximum absolute atomic E-state index is 13.9. The molecule has 99 heavy (non-hydrogen) atoms. The van der Waals surface area contributed by atoms with Gasteiger partial charge in [-0.1, -0.05) is 194 Å². The molecule has 0 spiro atoms. The Labute approximate surface area is 586 Å². The van der Waals surface area contributed by atoms with Crippen molar-refractivity contribution in [2.24, 2.45) is 0 Å². The molecule has 0 radical (unpaired) electrons. The number of unbranched alkanes of at least 4 members (excludes halogenated alkanes) is 27. The molecule has 0 atom stereocenters. The third-order valence-electron chi connectivity index (χ3n) is 17.0. The first kappa shape index (κ1) is 77.1. The molecule has 7 rings (SSSR count). The number of esters is 6. The summed E-state index contributed by atoms with van der Waals surface area (Å²) in [5.74, 6) is -2.21. The molecule has 528 valence electrons. The first-order valence-electron chi connectivity index (χ1n) is 36.4. The topological polar surface area (TPSA) is 185 Å². The van der Waals surface area contributed by atoms with Gasteiger partial charge < -0.3 is 42.6 Å². The van der Waals surface area contributed by atoms with Crippen molar-refractivity contribution in [3.8, 4) is 51.7 Å². The molecule has 0 fully saturated rings. The average Bonchev–Trinajstić information content (AvgIpc) is 0.980. The maximum atomic E-state index is 13.9. The molecule has 0 amide bonds. The van der Waals surface area contributed by atoms with Crippen LogP contribution in [0.1, 0.15) is 276 Å². The van der Waals surface area contributed by atoms with Gasteiger partial charge in [-0.3, -0.25) is 0 Å². The van der Waals surface area contributed by atoms with Gasteiger partial charge in [0.25, 0.3) is 0 Å². The number of ether oxygens (including phenoxy) is 9. The van der Waals surface area contributed by atoms with E-state index < -0.39 is 35.8 Å². The Bertz CT molecular complexity index is 3330. The number of rotatable bonds is 48. The van der Waals surface area contributed by atoms with Gasteiger partial charge in [0.1, 0.15) is 51.7 Å². The van der Waals surface area contributed by atoms with Gasteiger partial charge in [0.2, 0.25) is 0 Å². The Morgan fingerprint density at radius 2 is 0.364 bits per heavy atom. The Kier molecular flexibility index (Phi) is 35.3. The highest BCUT2D eigenvalue weighted by atomic mass is 16.6. The predicted molar refractivity (Wildman–Crippen MR) is 387 cm³/mol. The van der Waals surface area contributed by atoms with Crippen molar-refractivity contribution in [3.05, 3.63) is 197 Å². The van der Waals surface area contributed by atoms with Crippen LogP contribution in [0.15, 0.2) is 164 Å². The minimum atomic E-state index is -0.916. The molecule has 0 aromatic heterocycles. The molecule has 0 saturated heterocycles. The molecule has 0 bridgehead atoms. The smallest absolute Gasteiger partial charge is 0.343 e. The summed E-state index contributed by atoms with van der Waals surface area (Å²) in [7, 11) is 0. The monoisotopic (exact) mass is 1350 g/mol. The summed E-state index contributed by atoms with van der Waals surface area (Å²) >= 11 is 0. The van der Waals surface area contributed by atoms with Crippen molar-refractivity contribution < 1.29 is 71.4 Å². The minimum Gasteiger partial charge on any atom is -0.494 e. The van der Waals surface area contributed by atoms with E-state index in [1.54, 1.807) is 72.8 Å².